The van der Waals surface area contributed by atoms with Crippen LogP contribution in [0.2, 0.25) is 10.0 Å². The van der Waals surface area contributed by atoms with Gasteiger partial charge in [0.1, 0.15) is 5.84 Å². The first kappa shape index (κ1) is 17.3. The number of benzene rings is 2. The Morgan fingerprint density at radius 3 is 2.57 bits per heavy atom. The second kappa shape index (κ2) is 8.56. The van der Waals surface area contributed by atoms with Gasteiger partial charge in [0.05, 0.1) is 6.42 Å². The molecule has 2 N–H and O–H groups in total. The monoisotopic (exact) mass is 350 g/mol. The molecule has 4 nitrogen and oxygen atoms in total. The highest BCUT2D eigenvalue weighted by Gasteiger charge is 2.07. The third-order valence-electron chi connectivity index (χ3n) is 3.11. The molecule has 0 heterocycles. The number of aryl methyl sites for hydroxylation is 1. The minimum Gasteiger partial charge on any atom is -0.384 e. The van der Waals surface area contributed by atoms with Gasteiger partial charge in [-0.1, -0.05) is 64.8 Å². The van der Waals surface area contributed by atoms with Crippen LogP contribution >= 0.6 is 23.2 Å². The van der Waals surface area contributed by atoms with Crippen LogP contribution in [0.1, 0.15) is 17.5 Å². The van der Waals surface area contributed by atoms with Crippen LogP contribution in [-0.4, -0.2) is 11.8 Å². The van der Waals surface area contributed by atoms with E-state index in [4.69, 9.17) is 33.8 Å². The summed E-state index contributed by atoms with van der Waals surface area (Å²) in [5, 5.41) is 4.68. The quantitative estimate of drug-likeness (QED) is 0.370. The van der Waals surface area contributed by atoms with Crippen molar-refractivity contribution in [3.63, 3.8) is 0 Å². The van der Waals surface area contributed by atoms with Crippen molar-refractivity contribution in [2.75, 3.05) is 0 Å². The average molecular weight is 351 g/mol. The maximum atomic E-state index is 11.7. The third kappa shape index (κ3) is 5.93. The van der Waals surface area contributed by atoms with Gasteiger partial charge in [-0.25, -0.2) is 4.79 Å². The molecule has 2 aromatic carbocycles. The van der Waals surface area contributed by atoms with Gasteiger partial charge >= 0.3 is 5.97 Å². The summed E-state index contributed by atoms with van der Waals surface area (Å²) in [7, 11) is 0. The Kier molecular flexibility index (Phi) is 6.44. The number of nitrogens with zero attached hydrogens (tertiary/aromatic N) is 1. The highest BCUT2D eigenvalue weighted by molar-refractivity contribution is 6.35. The van der Waals surface area contributed by atoms with Crippen LogP contribution < -0.4 is 5.73 Å². The fourth-order valence-electron chi connectivity index (χ4n) is 1.94. The molecule has 23 heavy (non-hydrogen) atoms. The van der Waals surface area contributed by atoms with Crippen molar-refractivity contribution < 1.29 is 9.63 Å². The van der Waals surface area contributed by atoms with Crippen molar-refractivity contribution in [3.05, 3.63) is 69.7 Å². The van der Waals surface area contributed by atoms with E-state index < -0.39 is 5.97 Å². The maximum absolute atomic E-state index is 11.7. The predicted octanol–water partition coefficient (Wildman–Crippen LogP) is 3.98. The first-order chi connectivity index (χ1) is 11.0. The van der Waals surface area contributed by atoms with Gasteiger partial charge < -0.3 is 10.6 Å². The van der Waals surface area contributed by atoms with E-state index in [0.29, 0.717) is 16.5 Å². The van der Waals surface area contributed by atoms with Crippen molar-refractivity contribution in [2.24, 2.45) is 10.9 Å². The van der Waals surface area contributed by atoms with E-state index >= 15 is 0 Å². The SMILES string of the molecule is N/C(Cc1ccc(Cl)cc1Cl)=N\OC(=O)CCc1ccccc1. The minimum atomic E-state index is -0.431. The van der Waals surface area contributed by atoms with Gasteiger partial charge in [-0.2, -0.15) is 0 Å². The van der Waals surface area contributed by atoms with E-state index in [1.54, 1.807) is 18.2 Å². The van der Waals surface area contributed by atoms with E-state index in [2.05, 4.69) is 5.16 Å². The number of carbonyl (C=O) groups excluding carboxylic acids is 1. The molecule has 0 aliphatic rings. The van der Waals surface area contributed by atoms with Crippen LogP contribution in [0.25, 0.3) is 0 Å². The first-order valence-electron chi connectivity index (χ1n) is 7.04. The normalized spacial score (nSPS) is 11.3. The molecule has 0 aromatic heterocycles. The summed E-state index contributed by atoms with van der Waals surface area (Å²) < 4.78 is 0. The standard InChI is InChI=1S/C17H16Cl2N2O2/c18-14-8-7-13(15(19)11-14)10-16(20)21-23-17(22)9-6-12-4-2-1-3-5-12/h1-5,7-8,11H,6,9-10H2,(H2,20,21). The molecule has 0 aliphatic carbocycles. The molecule has 0 saturated carbocycles. The molecular formula is C17H16Cl2N2O2. The molecule has 0 unspecified atom stereocenters. The molecule has 0 fully saturated rings. The Morgan fingerprint density at radius 2 is 1.87 bits per heavy atom. The number of oxime groups is 1. The summed E-state index contributed by atoms with van der Waals surface area (Å²) in [6.07, 6.45) is 1.11. The van der Waals surface area contributed by atoms with Crippen molar-refractivity contribution in [3.8, 4) is 0 Å². The Hall–Kier alpha value is -2.04. The van der Waals surface area contributed by atoms with Crippen LogP contribution in [0.3, 0.4) is 0 Å². The number of carbonyl (C=O) groups is 1. The smallest absolute Gasteiger partial charge is 0.335 e. The zero-order valence-electron chi connectivity index (χ0n) is 12.3. The number of hydrogen-bond acceptors (Lipinski definition) is 3. The topological polar surface area (TPSA) is 64.7 Å². The summed E-state index contributed by atoms with van der Waals surface area (Å²) in [6, 6.07) is 14.8. The molecule has 2 rings (SSSR count). The van der Waals surface area contributed by atoms with Crippen molar-refractivity contribution in [1.82, 2.24) is 0 Å². The second-order valence-electron chi connectivity index (χ2n) is 4.94. The molecule has 0 bridgehead atoms. The number of rotatable bonds is 6. The van der Waals surface area contributed by atoms with Gasteiger partial charge in [-0.05, 0) is 29.7 Å². The van der Waals surface area contributed by atoms with E-state index in [9.17, 15) is 4.79 Å². The molecule has 0 spiro atoms. The van der Waals surface area contributed by atoms with Crippen LogP contribution in [0.4, 0.5) is 0 Å². The zero-order valence-corrected chi connectivity index (χ0v) is 13.8. The predicted molar refractivity (Wildman–Crippen MR) is 92.6 cm³/mol. The lowest BCUT2D eigenvalue weighted by Crippen LogP contribution is -2.17. The fourth-order valence-corrected chi connectivity index (χ4v) is 2.41. The molecule has 0 atom stereocenters. The largest absolute Gasteiger partial charge is 0.384 e. The van der Waals surface area contributed by atoms with Gasteiger partial charge in [0.2, 0.25) is 0 Å². The second-order valence-corrected chi connectivity index (χ2v) is 5.79. The van der Waals surface area contributed by atoms with Gasteiger partial charge in [-0.3, -0.25) is 0 Å². The van der Waals surface area contributed by atoms with E-state index in [1.165, 1.54) is 0 Å². The molecule has 0 aliphatic heterocycles. The van der Waals surface area contributed by atoms with Gasteiger partial charge in [0.25, 0.3) is 0 Å². The van der Waals surface area contributed by atoms with Crippen LogP contribution in [0.15, 0.2) is 53.7 Å². The summed E-state index contributed by atoms with van der Waals surface area (Å²) in [5.74, 6) is -0.263. The molecular weight excluding hydrogens is 335 g/mol. The molecule has 120 valence electrons. The maximum Gasteiger partial charge on any atom is 0.335 e. The Labute approximate surface area is 144 Å². The lowest BCUT2D eigenvalue weighted by atomic mass is 10.1. The van der Waals surface area contributed by atoms with E-state index in [-0.39, 0.29) is 18.7 Å². The minimum absolute atomic E-state index is 0.169. The van der Waals surface area contributed by atoms with Crippen LogP contribution in [0.5, 0.6) is 0 Å². The third-order valence-corrected chi connectivity index (χ3v) is 3.70. The van der Waals surface area contributed by atoms with Crippen molar-refractivity contribution >= 4 is 35.0 Å². The summed E-state index contributed by atoms with van der Waals surface area (Å²) in [4.78, 5) is 16.5. The van der Waals surface area contributed by atoms with Gasteiger partial charge in [0, 0.05) is 16.5 Å². The average Bonchev–Trinajstić information content (AvgIpc) is 2.54. The van der Waals surface area contributed by atoms with Crippen molar-refractivity contribution in [1.29, 1.82) is 0 Å². The molecule has 6 heteroatoms. The molecule has 0 radical (unpaired) electrons. The lowest BCUT2D eigenvalue weighted by molar-refractivity contribution is -0.143. The van der Waals surface area contributed by atoms with Crippen LogP contribution in [0, 0.1) is 0 Å². The Bertz CT molecular complexity index is 703. The van der Waals surface area contributed by atoms with Crippen LogP contribution in [-0.2, 0) is 22.5 Å². The molecule has 0 saturated heterocycles. The number of amidine groups is 1. The Balaban J connectivity index is 1.83. The van der Waals surface area contributed by atoms with Gasteiger partial charge in [-0.15, -0.1) is 0 Å². The number of halogens is 2. The number of hydrogen-bond donors (Lipinski definition) is 1. The summed E-state index contributed by atoms with van der Waals surface area (Å²) in [6.45, 7) is 0. The Morgan fingerprint density at radius 1 is 1.13 bits per heavy atom. The highest BCUT2D eigenvalue weighted by atomic mass is 35.5. The molecule has 2 aromatic rings. The highest BCUT2D eigenvalue weighted by Crippen LogP contribution is 2.21. The van der Waals surface area contributed by atoms with E-state index in [1.807, 2.05) is 30.3 Å². The summed E-state index contributed by atoms with van der Waals surface area (Å²) >= 11 is 11.9. The first-order valence-corrected chi connectivity index (χ1v) is 7.80. The van der Waals surface area contributed by atoms with Gasteiger partial charge in [0.15, 0.2) is 0 Å². The zero-order chi connectivity index (χ0) is 16.7. The fraction of sp³-hybridized carbons (Fsp3) is 0.176. The molecule has 0 amide bonds. The lowest BCUT2D eigenvalue weighted by Gasteiger charge is -2.04. The summed E-state index contributed by atoms with van der Waals surface area (Å²) in [5.41, 5.74) is 7.58. The van der Waals surface area contributed by atoms with E-state index in [0.717, 1.165) is 11.1 Å². The number of nitrogens with two attached hydrogens (primary N) is 1. The van der Waals surface area contributed by atoms with Crippen molar-refractivity contribution in [2.45, 2.75) is 19.3 Å².